The molecular formula is C13H28N2O2. The van der Waals surface area contributed by atoms with Crippen LogP contribution in [0.1, 0.15) is 41.0 Å². The highest BCUT2D eigenvalue weighted by Crippen LogP contribution is 2.23. The third-order valence-electron chi connectivity index (χ3n) is 2.53. The fourth-order valence-corrected chi connectivity index (χ4v) is 1.75. The summed E-state index contributed by atoms with van der Waals surface area (Å²) in [6.07, 6.45) is 0.857. The van der Waals surface area contributed by atoms with Crippen molar-refractivity contribution in [3.63, 3.8) is 0 Å². The fraction of sp³-hybridized carbons (Fsp3) is 0.923. The Hall–Kier alpha value is -0.610. The lowest BCUT2D eigenvalue weighted by molar-refractivity contribution is -0.126. The molecule has 4 nitrogen and oxygen atoms in total. The van der Waals surface area contributed by atoms with E-state index in [0.29, 0.717) is 19.7 Å². The van der Waals surface area contributed by atoms with Gasteiger partial charge in [0.1, 0.15) is 0 Å². The van der Waals surface area contributed by atoms with Gasteiger partial charge in [0.2, 0.25) is 5.91 Å². The molecule has 2 unspecified atom stereocenters. The molecule has 0 aromatic carbocycles. The van der Waals surface area contributed by atoms with Crippen LogP contribution in [0.15, 0.2) is 0 Å². The van der Waals surface area contributed by atoms with Crippen molar-refractivity contribution in [1.82, 2.24) is 5.32 Å². The van der Waals surface area contributed by atoms with Crippen LogP contribution in [-0.2, 0) is 9.53 Å². The fourth-order valence-electron chi connectivity index (χ4n) is 1.75. The number of carbonyl (C=O) groups is 1. The van der Waals surface area contributed by atoms with Crippen LogP contribution in [0.2, 0.25) is 0 Å². The van der Waals surface area contributed by atoms with Gasteiger partial charge in [-0.05, 0) is 25.7 Å². The minimum atomic E-state index is -0.108. The topological polar surface area (TPSA) is 64.3 Å². The van der Waals surface area contributed by atoms with Crippen LogP contribution in [0.25, 0.3) is 0 Å². The van der Waals surface area contributed by atoms with Crippen LogP contribution in [0.4, 0.5) is 0 Å². The average molecular weight is 244 g/mol. The Kier molecular flexibility index (Phi) is 7.39. The molecule has 0 aliphatic heterocycles. The van der Waals surface area contributed by atoms with Crippen molar-refractivity contribution in [3.05, 3.63) is 0 Å². The molecule has 0 spiro atoms. The van der Waals surface area contributed by atoms with Crippen molar-refractivity contribution in [3.8, 4) is 0 Å². The van der Waals surface area contributed by atoms with Gasteiger partial charge in [0.25, 0.3) is 0 Å². The molecule has 0 aliphatic rings. The summed E-state index contributed by atoms with van der Waals surface area (Å²) in [5, 5.41) is 2.90. The molecular weight excluding hydrogens is 216 g/mol. The van der Waals surface area contributed by atoms with Gasteiger partial charge in [-0.3, -0.25) is 4.79 Å². The zero-order valence-electron chi connectivity index (χ0n) is 11.9. The minimum Gasteiger partial charge on any atom is -0.377 e. The quantitative estimate of drug-likeness (QED) is 0.714. The second-order valence-electron chi connectivity index (χ2n) is 5.71. The van der Waals surface area contributed by atoms with E-state index in [1.54, 1.807) is 0 Å². The number of nitrogens with two attached hydrogens (primary N) is 1. The standard InChI is InChI=1S/C13H28N2O2/c1-6-17-10(2)9-15-12(16)11(8-14)7-13(3,4)5/h10-11H,6-9,14H2,1-5H3,(H,15,16). The molecule has 17 heavy (non-hydrogen) atoms. The second kappa shape index (κ2) is 7.67. The van der Waals surface area contributed by atoms with Gasteiger partial charge in [-0.1, -0.05) is 20.8 Å². The predicted molar refractivity (Wildman–Crippen MR) is 70.7 cm³/mol. The Labute approximate surface area is 105 Å². The number of hydrogen-bond acceptors (Lipinski definition) is 3. The van der Waals surface area contributed by atoms with E-state index in [2.05, 4.69) is 26.1 Å². The van der Waals surface area contributed by atoms with E-state index in [4.69, 9.17) is 10.5 Å². The molecule has 1 amide bonds. The molecule has 0 aliphatic carbocycles. The summed E-state index contributed by atoms with van der Waals surface area (Å²) < 4.78 is 5.36. The SMILES string of the molecule is CCOC(C)CNC(=O)C(CN)CC(C)(C)C. The summed E-state index contributed by atoms with van der Waals surface area (Å²) in [6.45, 7) is 11.9. The van der Waals surface area contributed by atoms with Gasteiger partial charge in [0, 0.05) is 19.7 Å². The van der Waals surface area contributed by atoms with E-state index in [1.165, 1.54) is 0 Å². The van der Waals surface area contributed by atoms with Crippen molar-refractivity contribution in [2.75, 3.05) is 19.7 Å². The van der Waals surface area contributed by atoms with E-state index in [0.717, 1.165) is 6.42 Å². The molecule has 0 aromatic rings. The summed E-state index contributed by atoms with van der Waals surface area (Å²) in [6, 6.07) is 0. The molecule has 0 saturated heterocycles. The van der Waals surface area contributed by atoms with Crippen molar-refractivity contribution in [2.45, 2.75) is 47.1 Å². The number of nitrogens with one attached hydrogen (secondary N) is 1. The van der Waals surface area contributed by atoms with Crippen LogP contribution in [0.5, 0.6) is 0 Å². The summed E-state index contributed by atoms with van der Waals surface area (Å²) in [5.74, 6) is -0.0715. The molecule has 4 heteroatoms. The first-order chi connectivity index (χ1) is 7.80. The Morgan fingerprint density at radius 3 is 2.41 bits per heavy atom. The van der Waals surface area contributed by atoms with Crippen LogP contribution < -0.4 is 11.1 Å². The third kappa shape index (κ3) is 8.16. The summed E-state index contributed by atoms with van der Waals surface area (Å²) >= 11 is 0. The minimum absolute atomic E-state index is 0.0361. The molecule has 0 rings (SSSR count). The number of hydrogen-bond donors (Lipinski definition) is 2. The lowest BCUT2D eigenvalue weighted by Crippen LogP contribution is -2.40. The molecule has 0 aromatic heterocycles. The number of carbonyl (C=O) groups excluding carboxylic acids is 1. The summed E-state index contributed by atoms with van der Waals surface area (Å²) in [4.78, 5) is 11.9. The summed E-state index contributed by atoms with van der Waals surface area (Å²) in [7, 11) is 0. The zero-order chi connectivity index (χ0) is 13.5. The maximum absolute atomic E-state index is 11.9. The van der Waals surface area contributed by atoms with E-state index in [-0.39, 0.29) is 23.3 Å². The van der Waals surface area contributed by atoms with Crippen LogP contribution >= 0.6 is 0 Å². The first-order valence-corrected chi connectivity index (χ1v) is 6.39. The summed E-state index contributed by atoms with van der Waals surface area (Å²) in [5.41, 5.74) is 5.77. The molecule has 0 fully saturated rings. The lowest BCUT2D eigenvalue weighted by atomic mass is 9.84. The van der Waals surface area contributed by atoms with Crippen LogP contribution in [0.3, 0.4) is 0 Å². The van der Waals surface area contributed by atoms with E-state index in [9.17, 15) is 4.79 Å². The normalized spacial score (nSPS) is 15.4. The first-order valence-electron chi connectivity index (χ1n) is 6.39. The van der Waals surface area contributed by atoms with Gasteiger partial charge >= 0.3 is 0 Å². The average Bonchev–Trinajstić information content (AvgIpc) is 2.21. The van der Waals surface area contributed by atoms with Crippen LogP contribution in [0, 0.1) is 11.3 Å². The number of ether oxygens (including phenoxy) is 1. The number of amides is 1. The first kappa shape index (κ1) is 16.4. The van der Waals surface area contributed by atoms with Crippen LogP contribution in [-0.4, -0.2) is 31.7 Å². The molecule has 102 valence electrons. The Balaban J connectivity index is 4.09. The molecule has 3 N–H and O–H groups in total. The maximum Gasteiger partial charge on any atom is 0.224 e. The van der Waals surface area contributed by atoms with Gasteiger partial charge in [-0.2, -0.15) is 0 Å². The predicted octanol–water partition coefficient (Wildman–Crippen LogP) is 1.54. The Morgan fingerprint density at radius 2 is 2.00 bits per heavy atom. The van der Waals surface area contributed by atoms with E-state index >= 15 is 0 Å². The van der Waals surface area contributed by atoms with Gasteiger partial charge in [0.15, 0.2) is 0 Å². The second-order valence-corrected chi connectivity index (χ2v) is 5.71. The molecule has 0 bridgehead atoms. The van der Waals surface area contributed by atoms with E-state index < -0.39 is 0 Å². The Bertz CT molecular complexity index is 224. The smallest absolute Gasteiger partial charge is 0.224 e. The van der Waals surface area contributed by atoms with Gasteiger partial charge in [-0.25, -0.2) is 0 Å². The van der Waals surface area contributed by atoms with Crippen molar-refractivity contribution in [2.24, 2.45) is 17.1 Å². The number of rotatable bonds is 7. The van der Waals surface area contributed by atoms with Crippen molar-refractivity contribution in [1.29, 1.82) is 0 Å². The largest absolute Gasteiger partial charge is 0.377 e. The molecule has 2 atom stereocenters. The highest BCUT2D eigenvalue weighted by molar-refractivity contribution is 5.78. The zero-order valence-corrected chi connectivity index (χ0v) is 11.9. The van der Waals surface area contributed by atoms with Crippen molar-refractivity contribution < 1.29 is 9.53 Å². The van der Waals surface area contributed by atoms with Crippen molar-refractivity contribution >= 4 is 5.91 Å². The Morgan fingerprint density at radius 1 is 1.41 bits per heavy atom. The monoisotopic (exact) mass is 244 g/mol. The van der Waals surface area contributed by atoms with Gasteiger partial charge < -0.3 is 15.8 Å². The molecule has 0 radical (unpaired) electrons. The molecule has 0 saturated carbocycles. The lowest BCUT2D eigenvalue weighted by Gasteiger charge is -2.24. The van der Waals surface area contributed by atoms with Gasteiger partial charge in [-0.15, -0.1) is 0 Å². The molecule has 0 heterocycles. The van der Waals surface area contributed by atoms with Gasteiger partial charge in [0.05, 0.1) is 12.0 Å². The highest BCUT2D eigenvalue weighted by Gasteiger charge is 2.23. The maximum atomic E-state index is 11.9. The third-order valence-corrected chi connectivity index (χ3v) is 2.53. The van der Waals surface area contributed by atoms with E-state index in [1.807, 2.05) is 13.8 Å². The highest BCUT2D eigenvalue weighted by atomic mass is 16.5.